The molecule has 0 spiro atoms. The Labute approximate surface area is 175 Å². The summed E-state index contributed by atoms with van der Waals surface area (Å²) in [5.74, 6) is -1.96. The Hall–Kier alpha value is -2.88. The van der Waals surface area contributed by atoms with Gasteiger partial charge in [-0.05, 0) is 42.7 Å². The van der Waals surface area contributed by atoms with Crippen LogP contribution in [0, 0.1) is 5.82 Å². The molecule has 10 heteroatoms. The van der Waals surface area contributed by atoms with E-state index in [9.17, 15) is 26.0 Å². The van der Waals surface area contributed by atoms with Gasteiger partial charge in [0.25, 0.3) is 0 Å². The van der Waals surface area contributed by atoms with Gasteiger partial charge in [-0.15, -0.1) is 0 Å². The van der Waals surface area contributed by atoms with Gasteiger partial charge in [-0.3, -0.25) is 0 Å². The van der Waals surface area contributed by atoms with Crippen LogP contribution in [-0.4, -0.2) is 24.0 Å². The van der Waals surface area contributed by atoms with Crippen molar-refractivity contribution >= 4 is 10.1 Å². The first-order chi connectivity index (χ1) is 14.6. The molecule has 0 N–H and O–H groups in total. The van der Waals surface area contributed by atoms with Crippen molar-refractivity contribution in [2.75, 3.05) is 5.75 Å². The van der Waals surface area contributed by atoms with Crippen molar-refractivity contribution in [3.05, 3.63) is 76.7 Å². The van der Waals surface area contributed by atoms with Crippen molar-refractivity contribution in [2.45, 2.75) is 30.9 Å². The maximum atomic E-state index is 13.8. The predicted octanol–water partition coefficient (Wildman–Crippen LogP) is 4.76. The Morgan fingerprint density at radius 1 is 1.06 bits per heavy atom. The molecule has 0 radical (unpaired) electrons. The molecule has 2 heterocycles. The third-order valence-corrected chi connectivity index (χ3v) is 6.62. The van der Waals surface area contributed by atoms with Crippen LogP contribution in [0.4, 0.5) is 17.6 Å². The molecule has 1 aliphatic carbocycles. The molecule has 1 unspecified atom stereocenters. The second kappa shape index (κ2) is 6.81. The molecule has 1 aromatic heterocycles. The van der Waals surface area contributed by atoms with E-state index in [-0.39, 0.29) is 23.0 Å². The van der Waals surface area contributed by atoms with Crippen molar-refractivity contribution < 1.29 is 30.2 Å². The van der Waals surface area contributed by atoms with E-state index in [1.807, 2.05) is 0 Å². The highest BCUT2D eigenvalue weighted by molar-refractivity contribution is 7.87. The van der Waals surface area contributed by atoms with Gasteiger partial charge in [-0.2, -0.15) is 31.4 Å². The summed E-state index contributed by atoms with van der Waals surface area (Å²) >= 11 is 0. The fraction of sp³-hybridized carbons (Fsp3) is 0.286. The molecular weight excluding hydrogens is 436 g/mol. The minimum Gasteiger partial charge on any atom is -0.361 e. The molecule has 2 aromatic carbocycles. The molecule has 0 amide bonds. The molecule has 162 valence electrons. The number of aromatic nitrogens is 2. The predicted molar refractivity (Wildman–Crippen MR) is 103 cm³/mol. The first-order valence-corrected chi connectivity index (χ1v) is 11.2. The Bertz CT molecular complexity index is 1280. The van der Waals surface area contributed by atoms with E-state index in [0.29, 0.717) is 11.3 Å². The van der Waals surface area contributed by atoms with Crippen molar-refractivity contribution in [1.82, 2.24) is 9.78 Å². The monoisotopic (exact) mass is 452 g/mol. The molecule has 0 bridgehead atoms. The SMILES string of the molecule is O=S1(=O)CC(c2cccc(C(F)(F)F)c2)c2c(C3CC3)nn(-c3cccc(F)c3)c2O1. The second-order valence-electron chi connectivity index (χ2n) is 7.75. The van der Waals surface area contributed by atoms with Crippen molar-refractivity contribution in [2.24, 2.45) is 0 Å². The van der Waals surface area contributed by atoms with Gasteiger partial charge < -0.3 is 4.18 Å². The summed E-state index contributed by atoms with van der Waals surface area (Å²) in [6.45, 7) is 0. The number of fused-ring (bicyclic) bond motifs is 1. The van der Waals surface area contributed by atoms with E-state index in [0.717, 1.165) is 25.0 Å². The third kappa shape index (κ3) is 3.69. The summed E-state index contributed by atoms with van der Waals surface area (Å²) < 4.78 is 85.2. The quantitative estimate of drug-likeness (QED) is 0.425. The highest BCUT2D eigenvalue weighted by Crippen LogP contribution is 2.50. The molecule has 5 rings (SSSR count). The number of hydrogen-bond acceptors (Lipinski definition) is 4. The molecule has 2 aliphatic rings. The van der Waals surface area contributed by atoms with E-state index in [2.05, 4.69) is 5.10 Å². The van der Waals surface area contributed by atoms with Crippen LogP contribution in [0.5, 0.6) is 5.88 Å². The first-order valence-electron chi connectivity index (χ1n) is 9.60. The molecular formula is C21H16F4N2O3S. The zero-order valence-electron chi connectivity index (χ0n) is 15.9. The number of nitrogens with zero attached hydrogens (tertiary/aromatic N) is 2. The first kappa shape index (κ1) is 20.0. The normalized spacial score (nSPS) is 20.2. The van der Waals surface area contributed by atoms with E-state index in [1.54, 1.807) is 6.07 Å². The molecule has 31 heavy (non-hydrogen) atoms. The number of rotatable bonds is 3. The van der Waals surface area contributed by atoms with Gasteiger partial charge in [0.2, 0.25) is 5.88 Å². The summed E-state index contributed by atoms with van der Waals surface area (Å²) in [6.07, 6.45) is -2.91. The fourth-order valence-corrected chi connectivity index (χ4v) is 5.15. The maximum Gasteiger partial charge on any atom is 0.416 e. The Morgan fingerprint density at radius 3 is 2.48 bits per heavy atom. The minimum absolute atomic E-state index is 0.0567. The van der Waals surface area contributed by atoms with Crippen molar-refractivity contribution in [3.8, 4) is 11.6 Å². The maximum absolute atomic E-state index is 13.8. The van der Waals surface area contributed by atoms with Gasteiger partial charge in [0.1, 0.15) is 5.82 Å². The van der Waals surface area contributed by atoms with Gasteiger partial charge in [0.15, 0.2) is 0 Å². The molecule has 3 aromatic rings. The second-order valence-corrected chi connectivity index (χ2v) is 9.37. The van der Waals surface area contributed by atoms with Crippen molar-refractivity contribution in [3.63, 3.8) is 0 Å². The summed E-state index contributed by atoms with van der Waals surface area (Å²) in [4.78, 5) is 0. The highest BCUT2D eigenvalue weighted by atomic mass is 32.2. The average molecular weight is 452 g/mol. The highest BCUT2D eigenvalue weighted by Gasteiger charge is 2.43. The number of benzene rings is 2. The van der Waals surface area contributed by atoms with Crippen LogP contribution in [-0.2, 0) is 16.3 Å². The Kier molecular flexibility index (Phi) is 4.40. The van der Waals surface area contributed by atoms with E-state index < -0.39 is 39.3 Å². The van der Waals surface area contributed by atoms with Gasteiger partial charge >= 0.3 is 16.3 Å². The molecule has 1 saturated carbocycles. The summed E-state index contributed by atoms with van der Waals surface area (Å²) in [5.41, 5.74) is 0.644. The smallest absolute Gasteiger partial charge is 0.361 e. The summed E-state index contributed by atoms with van der Waals surface area (Å²) in [5, 5.41) is 4.52. The lowest BCUT2D eigenvalue weighted by molar-refractivity contribution is -0.137. The zero-order valence-corrected chi connectivity index (χ0v) is 16.8. The lowest BCUT2D eigenvalue weighted by Crippen LogP contribution is -2.27. The van der Waals surface area contributed by atoms with Crippen molar-refractivity contribution in [1.29, 1.82) is 0 Å². The van der Waals surface area contributed by atoms with E-state index in [1.165, 1.54) is 35.0 Å². The standard InChI is InChI=1S/C21H16F4N2O3S/c22-15-5-2-6-16(10-15)27-20-18(19(26-27)12-7-8-12)17(11-31(28,29)30-20)13-3-1-4-14(9-13)21(23,24)25/h1-6,9-10,12,17H,7-8,11H2. The van der Waals surface area contributed by atoms with E-state index in [4.69, 9.17) is 4.18 Å². The van der Waals surface area contributed by atoms with Crippen LogP contribution in [0.15, 0.2) is 48.5 Å². The van der Waals surface area contributed by atoms with Crippen LogP contribution in [0.3, 0.4) is 0 Å². The molecule has 1 aliphatic heterocycles. The lowest BCUT2D eigenvalue weighted by Gasteiger charge is -2.25. The Morgan fingerprint density at radius 2 is 1.81 bits per heavy atom. The topological polar surface area (TPSA) is 61.2 Å². The summed E-state index contributed by atoms with van der Waals surface area (Å²) in [7, 11) is -4.11. The van der Waals surface area contributed by atoms with Crippen LogP contribution >= 0.6 is 0 Å². The molecule has 1 fully saturated rings. The van der Waals surface area contributed by atoms with Crippen LogP contribution in [0.1, 0.15) is 47.1 Å². The van der Waals surface area contributed by atoms with Crippen LogP contribution in [0.25, 0.3) is 5.69 Å². The third-order valence-electron chi connectivity index (χ3n) is 5.46. The molecule has 1 atom stereocenters. The molecule has 0 saturated heterocycles. The van der Waals surface area contributed by atoms with Gasteiger partial charge in [0.05, 0.1) is 22.7 Å². The van der Waals surface area contributed by atoms with Crippen LogP contribution in [0.2, 0.25) is 0 Å². The summed E-state index contributed by atoms with van der Waals surface area (Å²) in [6, 6.07) is 10.1. The molecule has 5 nitrogen and oxygen atoms in total. The average Bonchev–Trinajstić information content (AvgIpc) is 3.47. The van der Waals surface area contributed by atoms with Crippen LogP contribution < -0.4 is 4.18 Å². The van der Waals surface area contributed by atoms with E-state index >= 15 is 0 Å². The minimum atomic E-state index is -4.56. The fourth-order valence-electron chi connectivity index (χ4n) is 3.92. The zero-order chi connectivity index (χ0) is 22.0. The van der Waals surface area contributed by atoms with Gasteiger partial charge in [-0.25, -0.2) is 4.39 Å². The lowest BCUT2D eigenvalue weighted by atomic mass is 9.90. The number of halogens is 4. The number of alkyl halides is 3. The number of hydrogen-bond donors (Lipinski definition) is 0. The largest absolute Gasteiger partial charge is 0.416 e. The van der Waals surface area contributed by atoms with Gasteiger partial charge in [0, 0.05) is 17.4 Å². The Balaban J connectivity index is 1.73. The van der Waals surface area contributed by atoms with Gasteiger partial charge in [-0.1, -0.05) is 24.3 Å².